The van der Waals surface area contributed by atoms with Crippen LogP contribution in [0.15, 0.2) is 100 Å². The van der Waals surface area contributed by atoms with Crippen LogP contribution in [0.5, 0.6) is 0 Å². The number of hydrogen-bond donors (Lipinski definition) is 0. The summed E-state index contributed by atoms with van der Waals surface area (Å²) in [6.45, 7) is 5.39. The van der Waals surface area contributed by atoms with Gasteiger partial charge in [-0.2, -0.15) is 4.31 Å². The first-order valence-corrected chi connectivity index (χ1v) is 13.8. The third kappa shape index (κ3) is 6.38. The van der Waals surface area contributed by atoms with Crippen LogP contribution in [0.3, 0.4) is 0 Å². The van der Waals surface area contributed by atoms with Crippen molar-refractivity contribution in [3.8, 4) is 11.3 Å². The molecule has 4 rings (SSSR count). The summed E-state index contributed by atoms with van der Waals surface area (Å²) in [6, 6.07) is 27.5. The van der Waals surface area contributed by atoms with Crippen molar-refractivity contribution in [3.05, 3.63) is 101 Å². The Morgan fingerprint density at radius 1 is 0.857 bits per heavy atom. The van der Waals surface area contributed by atoms with Gasteiger partial charge in [0.1, 0.15) is 0 Å². The zero-order valence-electron chi connectivity index (χ0n) is 19.9. The van der Waals surface area contributed by atoms with E-state index in [2.05, 4.69) is 34.2 Å². The van der Waals surface area contributed by atoms with Crippen LogP contribution < -0.4 is 4.80 Å². The highest BCUT2D eigenvalue weighted by molar-refractivity contribution is 8.93. The molecule has 0 radical (unpaired) electrons. The van der Waals surface area contributed by atoms with E-state index in [1.165, 1.54) is 9.87 Å². The number of para-hydroxylation sites is 1. The van der Waals surface area contributed by atoms with Gasteiger partial charge in [0.05, 0.1) is 16.3 Å². The Balaban J connectivity index is 0.00000342. The minimum atomic E-state index is -3.48. The van der Waals surface area contributed by atoms with Gasteiger partial charge in [0.15, 0.2) is 4.80 Å². The number of aromatic nitrogens is 1. The number of benzene rings is 3. The van der Waals surface area contributed by atoms with Crippen molar-refractivity contribution in [2.24, 2.45) is 4.99 Å². The highest BCUT2D eigenvalue weighted by Gasteiger charge is 2.21. The molecule has 35 heavy (non-hydrogen) atoms. The van der Waals surface area contributed by atoms with E-state index in [1.54, 1.807) is 23.5 Å². The number of thiazole rings is 1. The van der Waals surface area contributed by atoms with Crippen LogP contribution >= 0.6 is 28.3 Å². The lowest BCUT2D eigenvalue weighted by molar-refractivity contribution is 0.445. The molecule has 184 valence electrons. The molecule has 0 amide bonds. The molecule has 0 saturated heterocycles. The molecule has 1 heterocycles. The normalized spacial score (nSPS) is 12.0. The van der Waals surface area contributed by atoms with Gasteiger partial charge >= 0.3 is 0 Å². The Morgan fingerprint density at radius 3 is 2.06 bits per heavy atom. The standard InChI is InChI=1S/C27H29N3O2S2.BrH/c1-3-29(4-2)34(31,32)25-17-15-23(16-18-25)26-21-33-27(28-24-13-9-6-10-14-24)30(26)20-19-22-11-7-5-8-12-22;/h5-18,21H,3-4,19-20H2,1-2H3;1H. The first kappa shape index (κ1) is 27.1. The molecule has 0 aliphatic rings. The van der Waals surface area contributed by atoms with Crippen molar-refractivity contribution in [1.29, 1.82) is 0 Å². The van der Waals surface area contributed by atoms with Crippen LogP contribution in [-0.2, 0) is 23.0 Å². The summed E-state index contributed by atoms with van der Waals surface area (Å²) in [4.78, 5) is 6.11. The predicted molar refractivity (Wildman–Crippen MR) is 150 cm³/mol. The third-order valence-electron chi connectivity index (χ3n) is 5.74. The van der Waals surface area contributed by atoms with Gasteiger partial charge in [-0.1, -0.05) is 74.5 Å². The molecule has 0 N–H and O–H groups in total. The van der Waals surface area contributed by atoms with E-state index < -0.39 is 10.0 Å². The summed E-state index contributed by atoms with van der Waals surface area (Å²) in [5.41, 5.74) is 4.17. The summed E-state index contributed by atoms with van der Waals surface area (Å²) in [6.07, 6.45) is 0.876. The number of halogens is 1. The van der Waals surface area contributed by atoms with Crippen LogP contribution in [0.25, 0.3) is 11.3 Å². The Kier molecular flexibility index (Phi) is 9.63. The maximum absolute atomic E-state index is 12.9. The summed E-state index contributed by atoms with van der Waals surface area (Å²) in [7, 11) is -3.48. The monoisotopic (exact) mass is 571 g/mol. The average Bonchev–Trinajstić information content (AvgIpc) is 3.27. The molecule has 0 aliphatic carbocycles. The molecule has 0 saturated carbocycles. The molecule has 0 aliphatic heterocycles. The van der Waals surface area contributed by atoms with Crippen LogP contribution in [0.1, 0.15) is 19.4 Å². The number of nitrogens with zero attached hydrogens (tertiary/aromatic N) is 3. The highest BCUT2D eigenvalue weighted by atomic mass is 79.9. The Morgan fingerprint density at radius 2 is 1.46 bits per heavy atom. The molecule has 0 atom stereocenters. The van der Waals surface area contributed by atoms with Gasteiger partial charge in [-0.15, -0.1) is 28.3 Å². The smallest absolute Gasteiger partial charge is 0.243 e. The lowest BCUT2D eigenvalue weighted by Gasteiger charge is -2.18. The number of sulfonamides is 1. The Labute approximate surface area is 222 Å². The first-order chi connectivity index (χ1) is 16.5. The Bertz CT molecular complexity index is 1380. The van der Waals surface area contributed by atoms with Crippen molar-refractivity contribution in [2.45, 2.75) is 31.7 Å². The summed E-state index contributed by atoms with van der Waals surface area (Å²) < 4.78 is 29.5. The van der Waals surface area contributed by atoms with Crippen molar-refractivity contribution < 1.29 is 8.42 Å². The number of aryl methyl sites for hydroxylation is 1. The predicted octanol–water partition coefficient (Wildman–Crippen LogP) is 6.30. The van der Waals surface area contributed by atoms with Gasteiger partial charge in [0.2, 0.25) is 10.0 Å². The molecular formula is C27H30BrN3O2S2. The lowest BCUT2D eigenvalue weighted by Crippen LogP contribution is -2.30. The highest BCUT2D eigenvalue weighted by Crippen LogP contribution is 2.24. The van der Waals surface area contributed by atoms with Gasteiger partial charge in [-0.05, 0) is 41.8 Å². The van der Waals surface area contributed by atoms with Crippen molar-refractivity contribution >= 4 is 44.0 Å². The maximum atomic E-state index is 12.9. The van der Waals surface area contributed by atoms with Gasteiger partial charge in [0.25, 0.3) is 0 Å². The third-order valence-corrected chi connectivity index (χ3v) is 8.67. The fourth-order valence-corrected chi connectivity index (χ4v) is 6.29. The number of rotatable bonds is 9. The molecular weight excluding hydrogens is 542 g/mol. The lowest BCUT2D eigenvalue weighted by atomic mass is 10.1. The molecule has 8 heteroatoms. The maximum Gasteiger partial charge on any atom is 0.243 e. The van der Waals surface area contributed by atoms with Crippen LogP contribution in [0.4, 0.5) is 5.69 Å². The second kappa shape index (κ2) is 12.4. The fraction of sp³-hybridized carbons (Fsp3) is 0.222. The van der Waals surface area contributed by atoms with Gasteiger partial charge in [0, 0.05) is 25.0 Å². The van der Waals surface area contributed by atoms with Crippen molar-refractivity contribution in [3.63, 3.8) is 0 Å². The van der Waals surface area contributed by atoms with Crippen LogP contribution in [0.2, 0.25) is 0 Å². The molecule has 4 aromatic rings. The van der Waals surface area contributed by atoms with E-state index in [4.69, 9.17) is 4.99 Å². The zero-order valence-corrected chi connectivity index (χ0v) is 23.2. The van der Waals surface area contributed by atoms with E-state index in [0.29, 0.717) is 18.0 Å². The van der Waals surface area contributed by atoms with E-state index >= 15 is 0 Å². The summed E-state index contributed by atoms with van der Waals surface area (Å²) in [5, 5.41) is 2.10. The second-order valence-corrected chi connectivity index (χ2v) is 10.6. The zero-order chi connectivity index (χ0) is 24.0. The second-order valence-electron chi connectivity index (χ2n) is 7.85. The molecule has 0 bridgehead atoms. The first-order valence-electron chi connectivity index (χ1n) is 11.5. The van der Waals surface area contributed by atoms with Crippen molar-refractivity contribution in [1.82, 2.24) is 8.87 Å². The topological polar surface area (TPSA) is 54.7 Å². The van der Waals surface area contributed by atoms with Crippen molar-refractivity contribution in [2.75, 3.05) is 13.1 Å². The van der Waals surface area contributed by atoms with Crippen LogP contribution in [0, 0.1) is 0 Å². The van der Waals surface area contributed by atoms with E-state index in [1.807, 2.05) is 62.4 Å². The van der Waals surface area contributed by atoms with Gasteiger partial charge in [-0.3, -0.25) is 0 Å². The molecule has 5 nitrogen and oxygen atoms in total. The fourth-order valence-electron chi connectivity index (χ4n) is 3.87. The Hall–Kier alpha value is -2.52. The largest absolute Gasteiger partial charge is 0.316 e. The van der Waals surface area contributed by atoms with E-state index in [0.717, 1.165) is 34.7 Å². The van der Waals surface area contributed by atoms with Gasteiger partial charge < -0.3 is 4.57 Å². The van der Waals surface area contributed by atoms with Crippen LogP contribution in [-0.4, -0.2) is 30.4 Å². The summed E-state index contributed by atoms with van der Waals surface area (Å²) >= 11 is 1.59. The minimum absolute atomic E-state index is 0. The SMILES string of the molecule is Br.CCN(CC)S(=O)(=O)c1ccc(-c2csc(=Nc3ccccc3)n2CCc2ccccc2)cc1. The van der Waals surface area contributed by atoms with E-state index in [-0.39, 0.29) is 17.0 Å². The molecule has 0 spiro atoms. The van der Waals surface area contributed by atoms with E-state index in [9.17, 15) is 8.42 Å². The summed E-state index contributed by atoms with van der Waals surface area (Å²) in [5.74, 6) is 0. The number of hydrogen-bond acceptors (Lipinski definition) is 4. The molecule has 0 unspecified atom stereocenters. The molecule has 1 aromatic heterocycles. The minimum Gasteiger partial charge on any atom is -0.316 e. The molecule has 3 aromatic carbocycles. The average molecular weight is 573 g/mol. The van der Waals surface area contributed by atoms with Gasteiger partial charge in [-0.25, -0.2) is 13.4 Å². The molecule has 0 fully saturated rings. The quantitative estimate of drug-likeness (QED) is 0.236.